The Morgan fingerprint density at radius 1 is 1.12 bits per heavy atom. The van der Waals surface area contributed by atoms with Crippen LogP contribution in [-0.4, -0.2) is 37.0 Å². The molecule has 0 spiro atoms. The molecular formula is C18H20O6S. The minimum Gasteiger partial charge on any atom is -0.507 e. The zero-order valence-corrected chi connectivity index (χ0v) is 14.8. The lowest BCUT2D eigenvalue weighted by Gasteiger charge is -2.10. The molecule has 6 nitrogen and oxygen atoms in total. The Morgan fingerprint density at radius 3 is 2.36 bits per heavy atom. The summed E-state index contributed by atoms with van der Waals surface area (Å²) in [7, 11) is -3.38. The third kappa shape index (κ3) is 4.73. The van der Waals surface area contributed by atoms with Crippen molar-refractivity contribution in [3.8, 4) is 11.5 Å². The van der Waals surface area contributed by atoms with Crippen LogP contribution in [0.15, 0.2) is 41.3 Å². The predicted octanol–water partition coefficient (Wildman–Crippen LogP) is 2.95. The maximum atomic E-state index is 12.2. The van der Waals surface area contributed by atoms with Crippen molar-refractivity contribution in [2.75, 3.05) is 12.4 Å². The standard InChI is InChI=1S/C18H20O6S/c1-12-4-6-15(7-5-12)25(22,23)9-3-8-24-14-10-13(2)17(19)16(11-14)18(20)21/h4-7,10-11,19H,3,8-9H2,1-2H3,(H,20,21). The third-order valence-electron chi connectivity index (χ3n) is 3.71. The molecular weight excluding hydrogens is 344 g/mol. The molecule has 0 aliphatic rings. The molecule has 2 N–H and O–H groups in total. The van der Waals surface area contributed by atoms with Crippen molar-refractivity contribution < 1.29 is 28.2 Å². The van der Waals surface area contributed by atoms with Crippen LogP contribution in [0.5, 0.6) is 11.5 Å². The highest BCUT2D eigenvalue weighted by molar-refractivity contribution is 7.91. The minimum absolute atomic E-state index is 0.0705. The van der Waals surface area contributed by atoms with Gasteiger partial charge in [0, 0.05) is 0 Å². The SMILES string of the molecule is Cc1ccc(S(=O)(=O)CCCOc2cc(C)c(O)c(C(=O)O)c2)cc1. The second-order valence-electron chi connectivity index (χ2n) is 5.78. The van der Waals surface area contributed by atoms with Gasteiger partial charge in [0.15, 0.2) is 9.84 Å². The average Bonchev–Trinajstić information content (AvgIpc) is 2.54. The molecule has 0 bridgehead atoms. The molecule has 0 saturated heterocycles. The highest BCUT2D eigenvalue weighted by atomic mass is 32.2. The molecule has 2 aromatic carbocycles. The smallest absolute Gasteiger partial charge is 0.339 e. The maximum absolute atomic E-state index is 12.2. The zero-order chi connectivity index (χ0) is 18.6. The lowest BCUT2D eigenvalue weighted by atomic mass is 10.1. The van der Waals surface area contributed by atoms with Gasteiger partial charge in [0.05, 0.1) is 17.3 Å². The van der Waals surface area contributed by atoms with E-state index in [-0.39, 0.29) is 40.7 Å². The Bertz CT molecular complexity index is 869. The highest BCUT2D eigenvalue weighted by Crippen LogP contribution is 2.28. The Labute approximate surface area is 146 Å². The van der Waals surface area contributed by atoms with Crippen LogP contribution in [0.4, 0.5) is 0 Å². The van der Waals surface area contributed by atoms with E-state index in [0.717, 1.165) is 5.56 Å². The minimum atomic E-state index is -3.38. The molecule has 0 atom stereocenters. The molecule has 0 saturated carbocycles. The van der Waals surface area contributed by atoms with Gasteiger partial charge in [-0.25, -0.2) is 13.2 Å². The van der Waals surface area contributed by atoms with E-state index < -0.39 is 15.8 Å². The number of aromatic hydroxyl groups is 1. The fourth-order valence-electron chi connectivity index (χ4n) is 2.30. The molecule has 0 fully saturated rings. The number of sulfone groups is 1. The lowest BCUT2D eigenvalue weighted by Crippen LogP contribution is -2.11. The summed E-state index contributed by atoms with van der Waals surface area (Å²) in [5.74, 6) is -1.35. The van der Waals surface area contributed by atoms with Gasteiger partial charge < -0.3 is 14.9 Å². The summed E-state index contributed by atoms with van der Waals surface area (Å²) in [6, 6.07) is 9.38. The molecule has 134 valence electrons. The van der Waals surface area contributed by atoms with Gasteiger partial charge in [-0.2, -0.15) is 0 Å². The van der Waals surface area contributed by atoms with E-state index in [1.54, 1.807) is 31.2 Å². The fraction of sp³-hybridized carbons (Fsp3) is 0.278. The summed E-state index contributed by atoms with van der Waals surface area (Å²) in [4.78, 5) is 11.3. The Kier molecular flexibility index (Phi) is 5.69. The van der Waals surface area contributed by atoms with Crippen molar-refractivity contribution in [1.82, 2.24) is 0 Å². The summed E-state index contributed by atoms with van der Waals surface area (Å²) < 4.78 is 29.9. The number of carboxylic acid groups (broad SMARTS) is 1. The molecule has 0 heterocycles. The first-order valence-electron chi connectivity index (χ1n) is 7.70. The molecule has 2 aromatic rings. The van der Waals surface area contributed by atoms with Crippen LogP contribution in [0.2, 0.25) is 0 Å². The van der Waals surface area contributed by atoms with Gasteiger partial charge in [0.2, 0.25) is 0 Å². The van der Waals surface area contributed by atoms with E-state index in [1.807, 2.05) is 6.92 Å². The monoisotopic (exact) mass is 364 g/mol. The fourth-order valence-corrected chi connectivity index (χ4v) is 3.58. The van der Waals surface area contributed by atoms with Crippen LogP contribution in [0.1, 0.15) is 27.9 Å². The van der Waals surface area contributed by atoms with Crippen LogP contribution in [0, 0.1) is 13.8 Å². The van der Waals surface area contributed by atoms with Crippen molar-refractivity contribution in [3.05, 3.63) is 53.1 Å². The lowest BCUT2D eigenvalue weighted by molar-refractivity contribution is 0.0693. The molecule has 0 aliphatic heterocycles. The maximum Gasteiger partial charge on any atom is 0.339 e. The summed E-state index contributed by atoms with van der Waals surface area (Å²) in [6.07, 6.45) is 0.262. The van der Waals surface area contributed by atoms with Crippen molar-refractivity contribution in [2.45, 2.75) is 25.2 Å². The number of ether oxygens (including phenoxy) is 1. The molecule has 0 aromatic heterocycles. The number of carbonyl (C=O) groups is 1. The van der Waals surface area contributed by atoms with E-state index in [0.29, 0.717) is 5.56 Å². The topological polar surface area (TPSA) is 101 Å². The third-order valence-corrected chi connectivity index (χ3v) is 5.53. The second kappa shape index (κ2) is 7.57. The quantitative estimate of drug-likeness (QED) is 0.733. The average molecular weight is 364 g/mol. The van der Waals surface area contributed by atoms with Crippen LogP contribution >= 0.6 is 0 Å². The van der Waals surface area contributed by atoms with E-state index in [4.69, 9.17) is 9.84 Å². The van der Waals surface area contributed by atoms with E-state index in [1.165, 1.54) is 12.1 Å². The first-order valence-corrected chi connectivity index (χ1v) is 9.35. The summed E-state index contributed by atoms with van der Waals surface area (Å²) in [6.45, 7) is 3.57. The number of aromatic carboxylic acids is 1. The van der Waals surface area contributed by atoms with Gasteiger partial charge in [-0.3, -0.25) is 0 Å². The van der Waals surface area contributed by atoms with E-state index >= 15 is 0 Å². The molecule has 0 amide bonds. The number of rotatable bonds is 7. The number of hydrogen-bond acceptors (Lipinski definition) is 5. The van der Waals surface area contributed by atoms with E-state index in [9.17, 15) is 18.3 Å². The normalized spacial score (nSPS) is 11.3. The zero-order valence-electron chi connectivity index (χ0n) is 14.0. The van der Waals surface area contributed by atoms with Gasteiger partial charge in [-0.15, -0.1) is 0 Å². The number of benzene rings is 2. The van der Waals surface area contributed by atoms with Gasteiger partial charge >= 0.3 is 5.97 Å². The Morgan fingerprint density at radius 2 is 1.76 bits per heavy atom. The first kappa shape index (κ1) is 18.8. The number of carboxylic acids is 1. The first-order chi connectivity index (χ1) is 11.7. The Hall–Kier alpha value is -2.54. The summed E-state index contributed by atoms with van der Waals surface area (Å²) in [5, 5.41) is 18.7. The molecule has 2 rings (SSSR count). The van der Waals surface area contributed by atoms with Crippen LogP contribution in [0.25, 0.3) is 0 Å². The van der Waals surface area contributed by atoms with Crippen LogP contribution < -0.4 is 4.74 Å². The predicted molar refractivity (Wildman–Crippen MR) is 93.1 cm³/mol. The molecule has 0 radical (unpaired) electrons. The van der Waals surface area contributed by atoms with E-state index in [2.05, 4.69) is 0 Å². The summed E-state index contributed by atoms with van der Waals surface area (Å²) >= 11 is 0. The van der Waals surface area contributed by atoms with Gasteiger partial charge in [-0.1, -0.05) is 17.7 Å². The number of aryl methyl sites for hydroxylation is 2. The largest absolute Gasteiger partial charge is 0.507 e. The van der Waals surface area contributed by atoms with Gasteiger partial charge in [-0.05, 0) is 50.1 Å². The molecule has 25 heavy (non-hydrogen) atoms. The van der Waals surface area contributed by atoms with Crippen LogP contribution in [-0.2, 0) is 9.84 Å². The number of hydrogen-bond donors (Lipinski definition) is 2. The van der Waals surface area contributed by atoms with Crippen molar-refractivity contribution >= 4 is 15.8 Å². The van der Waals surface area contributed by atoms with Crippen molar-refractivity contribution in [1.29, 1.82) is 0 Å². The molecule has 0 aliphatic carbocycles. The van der Waals surface area contributed by atoms with Gasteiger partial charge in [0.1, 0.15) is 17.1 Å². The van der Waals surface area contributed by atoms with Gasteiger partial charge in [0.25, 0.3) is 0 Å². The molecule has 0 unspecified atom stereocenters. The van der Waals surface area contributed by atoms with Crippen LogP contribution in [0.3, 0.4) is 0 Å². The second-order valence-corrected chi connectivity index (χ2v) is 7.88. The van der Waals surface area contributed by atoms with Crippen molar-refractivity contribution in [2.24, 2.45) is 0 Å². The summed E-state index contributed by atoms with van der Waals surface area (Å²) in [5.41, 5.74) is 1.11. The molecule has 7 heteroatoms. The highest BCUT2D eigenvalue weighted by Gasteiger charge is 2.16. The number of phenols is 1. The van der Waals surface area contributed by atoms with Crippen molar-refractivity contribution in [3.63, 3.8) is 0 Å². The Balaban J connectivity index is 1.97.